The molecule has 2 nitrogen and oxygen atoms in total. The summed E-state index contributed by atoms with van der Waals surface area (Å²) in [5.41, 5.74) is 2.05. The Morgan fingerprint density at radius 1 is 0.609 bits per heavy atom. The van der Waals surface area contributed by atoms with Crippen LogP contribution in [0.15, 0.2) is 78.9 Å². The van der Waals surface area contributed by atoms with E-state index in [4.69, 9.17) is 4.65 Å². The average Bonchev–Trinajstić information content (AvgIpc) is 2.63. The molecule has 0 aliphatic rings. The van der Waals surface area contributed by atoms with Gasteiger partial charge in [0.2, 0.25) is 0 Å². The van der Waals surface area contributed by atoms with Crippen molar-refractivity contribution in [1.82, 2.24) is 0 Å². The van der Waals surface area contributed by atoms with Crippen LogP contribution in [0, 0.1) is 0 Å². The highest BCUT2D eigenvalue weighted by Gasteiger charge is 2.16. The van der Waals surface area contributed by atoms with Crippen LogP contribution in [0.1, 0.15) is 0 Å². The quantitative estimate of drug-likeness (QED) is 0.443. The summed E-state index contributed by atoms with van der Waals surface area (Å²) in [6.07, 6.45) is 0. The third kappa shape index (κ3) is 2.26. The van der Waals surface area contributed by atoms with Crippen molar-refractivity contribution in [2.45, 2.75) is 0 Å². The summed E-state index contributed by atoms with van der Waals surface area (Å²) < 4.78 is 5.54. The third-order valence-corrected chi connectivity index (χ3v) is 4.12. The van der Waals surface area contributed by atoms with Gasteiger partial charge in [0, 0.05) is 10.9 Å². The van der Waals surface area contributed by atoms with E-state index in [9.17, 15) is 5.02 Å². The lowest BCUT2D eigenvalue weighted by molar-refractivity contribution is 0.458. The monoisotopic (exact) mass is 297 g/mol. The number of rotatable bonds is 3. The van der Waals surface area contributed by atoms with Crippen molar-refractivity contribution < 1.29 is 9.68 Å². The van der Waals surface area contributed by atoms with E-state index < -0.39 is 0 Å². The molecule has 3 heteroatoms. The van der Waals surface area contributed by atoms with Gasteiger partial charge in [-0.2, -0.15) is 0 Å². The Bertz CT molecular complexity index is 981. The van der Waals surface area contributed by atoms with Gasteiger partial charge >= 0.3 is 7.69 Å². The van der Waals surface area contributed by atoms with Crippen LogP contribution >= 0.6 is 0 Å². The van der Waals surface area contributed by atoms with Crippen molar-refractivity contribution in [1.29, 1.82) is 0 Å². The molecule has 0 aromatic heterocycles. The van der Waals surface area contributed by atoms with Crippen LogP contribution in [-0.2, 0) is 0 Å². The van der Waals surface area contributed by atoms with Crippen LogP contribution in [0.2, 0.25) is 0 Å². The number of benzene rings is 4. The predicted molar refractivity (Wildman–Crippen MR) is 95.5 cm³/mol. The van der Waals surface area contributed by atoms with Gasteiger partial charge in [-0.1, -0.05) is 78.9 Å². The summed E-state index contributed by atoms with van der Waals surface area (Å²) >= 11 is 0. The molecule has 4 aromatic carbocycles. The fourth-order valence-corrected chi connectivity index (χ4v) is 3.18. The Kier molecular flexibility index (Phi) is 3.49. The third-order valence-electron chi connectivity index (χ3n) is 4.12. The predicted octanol–water partition coefficient (Wildman–Crippen LogP) is 4.57. The van der Waals surface area contributed by atoms with E-state index in [1.54, 1.807) is 0 Å². The molecule has 0 atom stereocenters. The van der Waals surface area contributed by atoms with Gasteiger partial charge in [0.15, 0.2) is 0 Å². The standard InChI is InChI=1S/C20H14BO2/c22-21-23-20-18-13-7-5-11-16(18)15-10-4-6-12-17(15)19(20)14-8-2-1-3-9-14/h1-13,22H. The molecule has 0 aliphatic heterocycles. The summed E-state index contributed by atoms with van der Waals surface area (Å²) in [7, 11) is 0.753. The van der Waals surface area contributed by atoms with Crippen molar-refractivity contribution in [3.8, 4) is 16.9 Å². The van der Waals surface area contributed by atoms with Gasteiger partial charge in [-0.05, 0) is 21.7 Å². The Morgan fingerprint density at radius 3 is 1.78 bits per heavy atom. The molecule has 4 rings (SSSR count). The first kappa shape index (κ1) is 13.9. The summed E-state index contributed by atoms with van der Waals surface area (Å²) in [5.74, 6) is 0.674. The zero-order valence-corrected chi connectivity index (χ0v) is 12.4. The van der Waals surface area contributed by atoms with Crippen LogP contribution in [0.5, 0.6) is 5.75 Å². The molecule has 0 amide bonds. The van der Waals surface area contributed by atoms with Crippen molar-refractivity contribution >= 4 is 29.2 Å². The maximum atomic E-state index is 9.28. The second-order valence-corrected chi connectivity index (χ2v) is 5.38. The molecule has 109 valence electrons. The second kappa shape index (κ2) is 5.78. The van der Waals surface area contributed by atoms with Crippen LogP contribution in [0.25, 0.3) is 32.7 Å². The fraction of sp³-hybridized carbons (Fsp3) is 0. The fourth-order valence-electron chi connectivity index (χ4n) is 3.18. The zero-order valence-electron chi connectivity index (χ0n) is 12.4. The molecule has 0 unspecified atom stereocenters. The van der Waals surface area contributed by atoms with Crippen molar-refractivity contribution in [2.24, 2.45) is 0 Å². The first-order chi connectivity index (χ1) is 11.4. The van der Waals surface area contributed by atoms with Gasteiger partial charge < -0.3 is 9.68 Å². The molecule has 1 N–H and O–H groups in total. The van der Waals surface area contributed by atoms with Crippen molar-refractivity contribution in [3.63, 3.8) is 0 Å². The molecule has 0 fully saturated rings. The SMILES string of the molecule is O[B]Oc1c(-c2ccccc2)c2ccccc2c2ccccc12. The van der Waals surface area contributed by atoms with Gasteiger partial charge in [0.25, 0.3) is 0 Å². The smallest absolute Gasteiger partial charge is 0.536 e. The number of fused-ring (bicyclic) bond motifs is 3. The van der Waals surface area contributed by atoms with Crippen LogP contribution in [-0.4, -0.2) is 12.7 Å². The molecule has 0 saturated carbocycles. The Balaban J connectivity index is 2.23. The highest BCUT2D eigenvalue weighted by Crippen LogP contribution is 2.43. The van der Waals surface area contributed by atoms with E-state index in [0.717, 1.165) is 35.0 Å². The normalized spacial score (nSPS) is 10.8. The van der Waals surface area contributed by atoms with Gasteiger partial charge in [-0.25, -0.2) is 0 Å². The van der Waals surface area contributed by atoms with Crippen molar-refractivity contribution in [2.75, 3.05) is 0 Å². The summed E-state index contributed by atoms with van der Waals surface area (Å²) in [5, 5.41) is 13.6. The van der Waals surface area contributed by atoms with E-state index in [-0.39, 0.29) is 0 Å². The van der Waals surface area contributed by atoms with Gasteiger partial charge in [0.05, 0.1) is 0 Å². The lowest BCUT2D eigenvalue weighted by Crippen LogP contribution is -2.02. The number of hydrogen-bond acceptors (Lipinski definition) is 2. The van der Waals surface area contributed by atoms with E-state index in [0.29, 0.717) is 5.75 Å². The average molecular weight is 297 g/mol. The summed E-state index contributed by atoms with van der Waals surface area (Å²) in [6, 6.07) is 26.5. The van der Waals surface area contributed by atoms with Crippen LogP contribution < -0.4 is 4.65 Å². The molecule has 4 aromatic rings. The zero-order chi connectivity index (χ0) is 15.6. The first-order valence-electron chi connectivity index (χ1n) is 7.51. The van der Waals surface area contributed by atoms with E-state index in [2.05, 4.69) is 30.3 Å². The molecule has 0 heterocycles. The Morgan fingerprint density at radius 2 is 1.13 bits per heavy atom. The maximum absolute atomic E-state index is 9.28. The largest absolute Gasteiger partial charge is 0.569 e. The highest BCUT2D eigenvalue weighted by molar-refractivity contribution is 6.22. The van der Waals surface area contributed by atoms with E-state index >= 15 is 0 Å². The molecular weight excluding hydrogens is 283 g/mol. The van der Waals surface area contributed by atoms with Crippen LogP contribution in [0.4, 0.5) is 0 Å². The molecule has 0 saturated heterocycles. The maximum Gasteiger partial charge on any atom is 0.569 e. The van der Waals surface area contributed by atoms with Gasteiger partial charge in [0.1, 0.15) is 5.75 Å². The van der Waals surface area contributed by atoms with Crippen LogP contribution in [0.3, 0.4) is 0 Å². The topological polar surface area (TPSA) is 29.5 Å². The van der Waals surface area contributed by atoms with E-state index in [1.807, 2.05) is 48.5 Å². The van der Waals surface area contributed by atoms with Crippen molar-refractivity contribution in [3.05, 3.63) is 78.9 Å². The highest BCUT2D eigenvalue weighted by atomic mass is 16.5. The van der Waals surface area contributed by atoms with Gasteiger partial charge in [-0.3, -0.25) is 0 Å². The molecule has 0 bridgehead atoms. The molecular formula is C20H14BO2. The second-order valence-electron chi connectivity index (χ2n) is 5.38. The van der Waals surface area contributed by atoms with Gasteiger partial charge in [-0.15, -0.1) is 0 Å². The minimum absolute atomic E-state index is 0.674. The Labute approximate surface area is 135 Å². The molecule has 1 radical (unpaired) electrons. The summed E-state index contributed by atoms with van der Waals surface area (Å²) in [6.45, 7) is 0. The minimum Gasteiger partial charge on any atom is -0.536 e. The number of hydrogen-bond donors (Lipinski definition) is 1. The Hall–Kier alpha value is -2.78. The summed E-state index contributed by atoms with van der Waals surface area (Å²) in [4.78, 5) is 0. The molecule has 0 spiro atoms. The lowest BCUT2D eigenvalue weighted by atomic mass is 9.92. The first-order valence-corrected chi connectivity index (χ1v) is 7.51. The molecule has 23 heavy (non-hydrogen) atoms. The molecule has 0 aliphatic carbocycles. The van der Waals surface area contributed by atoms with E-state index in [1.165, 1.54) is 5.39 Å². The lowest BCUT2D eigenvalue weighted by Gasteiger charge is -2.17. The minimum atomic E-state index is 0.674.